The zero-order valence-corrected chi connectivity index (χ0v) is 11.2. The summed E-state index contributed by atoms with van der Waals surface area (Å²) in [7, 11) is 0. The number of nitrogens with one attached hydrogen (secondary N) is 1. The van der Waals surface area contributed by atoms with Crippen LogP contribution in [0.2, 0.25) is 0 Å². The molecule has 0 heterocycles. The molecule has 2 atom stereocenters. The van der Waals surface area contributed by atoms with Gasteiger partial charge in [-0.05, 0) is 36.5 Å². The summed E-state index contributed by atoms with van der Waals surface area (Å²) in [6, 6.07) is 7.69. The van der Waals surface area contributed by atoms with E-state index in [9.17, 15) is 9.59 Å². The van der Waals surface area contributed by atoms with Gasteiger partial charge in [0.05, 0.1) is 11.8 Å². The minimum absolute atomic E-state index is 0.184. The van der Waals surface area contributed by atoms with Crippen LogP contribution in [-0.2, 0) is 9.59 Å². The molecule has 102 valence electrons. The van der Waals surface area contributed by atoms with Crippen molar-refractivity contribution in [3.05, 3.63) is 29.8 Å². The van der Waals surface area contributed by atoms with E-state index in [1.54, 1.807) is 0 Å². The van der Waals surface area contributed by atoms with Crippen molar-refractivity contribution in [2.24, 2.45) is 11.8 Å². The molecule has 19 heavy (non-hydrogen) atoms. The standard InChI is InChI=1S/C15H19NO3/c1-9(2)10-3-5-11(6-4-10)16-14(17)12-7-8-13(12)15(18)19/h3-6,9,12-13H,7-8H2,1-2H3,(H,16,17)(H,18,19). The van der Waals surface area contributed by atoms with E-state index in [0.29, 0.717) is 18.8 Å². The highest BCUT2D eigenvalue weighted by Gasteiger charge is 2.41. The van der Waals surface area contributed by atoms with Crippen LogP contribution in [0.1, 0.15) is 38.2 Å². The number of carboxylic acids is 1. The van der Waals surface area contributed by atoms with Gasteiger partial charge in [-0.2, -0.15) is 0 Å². The molecule has 4 nitrogen and oxygen atoms in total. The van der Waals surface area contributed by atoms with Crippen molar-refractivity contribution in [3.63, 3.8) is 0 Å². The average Bonchev–Trinajstić information content (AvgIpc) is 2.27. The smallest absolute Gasteiger partial charge is 0.307 e. The van der Waals surface area contributed by atoms with Crippen LogP contribution in [0.15, 0.2) is 24.3 Å². The molecule has 2 N–H and O–H groups in total. The number of hydrogen-bond donors (Lipinski definition) is 2. The van der Waals surface area contributed by atoms with Crippen LogP contribution in [0.3, 0.4) is 0 Å². The SMILES string of the molecule is CC(C)c1ccc(NC(=O)C2CCC2C(=O)O)cc1. The van der Waals surface area contributed by atoms with Gasteiger partial charge in [0.15, 0.2) is 0 Å². The van der Waals surface area contributed by atoms with Crippen molar-refractivity contribution in [1.82, 2.24) is 0 Å². The summed E-state index contributed by atoms with van der Waals surface area (Å²) in [5.41, 5.74) is 1.94. The van der Waals surface area contributed by atoms with Gasteiger partial charge in [0.1, 0.15) is 0 Å². The molecule has 1 aromatic rings. The predicted octanol–water partition coefficient (Wildman–Crippen LogP) is 2.86. The molecule has 1 saturated carbocycles. The van der Waals surface area contributed by atoms with Crippen LogP contribution < -0.4 is 5.32 Å². The van der Waals surface area contributed by atoms with Crippen LogP contribution in [0.4, 0.5) is 5.69 Å². The second-order valence-corrected chi connectivity index (χ2v) is 5.39. The quantitative estimate of drug-likeness (QED) is 0.875. The third-order valence-corrected chi connectivity index (χ3v) is 3.77. The fraction of sp³-hybridized carbons (Fsp3) is 0.467. The van der Waals surface area contributed by atoms with Crippen LogP contribution in [0, 0.1) is 11.8 Å². The Kier molecular flexibility index (Phi) is 3.88. The summed E-state index contributed by atoms with van der Waals surface area (Å²) in [4.78, 5) is 22.8. The molecule has 2 rings (SSSR count). The molecule has 0 aliphatic heterocycles. The van der Waals surface area contributed by atoms with Gasteiger partial charge in [0.25, 0.3) is 0 Å². The Balaban J connectivity index is 1.97. The van der Waals surface area contributed by atoms with Crippen LogP contribution >= 0.6 is 0 Å². The summed E-state index contributed by atoms with van der Waals surface area (Å²) in [6.07, 6.45) is 1.26. The Morgan fingerprint density at radius 2 is 1.74 bits per heavy atom. The van der Waals surface area contributed by atoms with E-state index in [1.807, 2.05) is 24.3 Å². The van der Waals surface area contributed by atoms with Gasteiger partial charge in [-0.1, -0.05) is 26.0 Å². The number of hydrogen-bond acceptors (Lipinski definition) is 2. The van der Waals surface area contributed by atoms with Crippen molar-refractivity contribution < 1.29 is 14.7 Å². The van der Waals surface area contributed by atoms with Crippen molar-refractivity contribution in [2.75, 3.05) is 5.32 Å². The van der Waals surface area contributed by atoms with Gasteiger partial charge >= 0.3 is 5.97 Å². The summed E-state index contributed by atoms with van der Waals surface area (Å²) >= 11 is 0. The summed E-state index contributed by atoms with van der Waals surface area (Å²) in [5, 5.41) is 11.7. The van der Waals surface area contributed by atoms with Gasteiger partial charge < -0.3 is 10.4 Å². The number of benzene rings is 1. The van der Waals surface area contributed by atoms with E-state index >= 15 is 0 Å². The topological polar surface area (TPSA) is 66.4 Å². The van der Waals surface area contributed by atoms with Gasteiger partial charge in [-0.25, -0.2) is 0 Å². The minimum atomic E-state index is -0.874. The van der Waals surface area contributed by atoms with Crippen molar-refractivity contribution in [2.45, 2.75) is 32.6 Å². The summed E-state index contributed by atoms with van der Waals surface area (Å²) in [6.45, 7) is 4.22. The lowest BCUT2D eigenvalue weighted by molar-refractivity contribution is -0.151. The van der Waals surface area contributed by atoms with E-state index in [2.05, 4.69) is 19.2 Å². The van der Waals surface area contributed by atoms with Gasteiger partial charge in [-0.3, -0.25) is 9.59 Å². The molecule has 2 unspecified atom stereocenters. The molecule has 0 radical (unpaired) electrons. The van der Waals surface area contributed by atoms with Crippen molar-refractivity contribution in [1.29, 1.82) is 0 Å². The second kappa shape index (κ2) is 5.43. The summed E-state index contributed by atoms with van der Waals surface area (Å²) < 4.78 is 0. The molecule has 1 aliphatic carbocycles. The lowest BCUT2D eigenvalue weighted by Gasteiger charge is -2.31. The normalized spacial score (nSPS) is 21.8. The first-order chi connectivity index (χ1) is 8.99. The second-order valence-electron chi connectivity index (χ2n) is 5.39. The molecule has 4 heteroatoms. The fourth-order valence-corrected chi connectivity index (χ4v) is 2.30. The largest absolute Gasteiger partial charge is 0.481 e. The monoisotopic (exact) mass is 261 g/mol. The Labute approximate surface area is 112 Å². The summed E-state index contributed by atoms with van der Waals surface area (Å²) in [5.74, 6) is -1.51. The van der Waals surface area contributed by atoms with Crippen molar-refractivity contribution >= 4 is 17.6 Å². The highest BCUT2D eigenvalue weighted by Crippen LogP contribution is 2.35. The first-order valence-electron chi connectivity index (χ1n) is 6.62. The number of carbonyl (C=O) groups excluding carboxylic acids is 1. The van der Waals surface area contributed by atoms with Crippen LogP contribution in [-0.4, -0.2) is 17.0 Å². The minimum Gasteiger partial charge on any atom is -0.481 e. The van der Waals surface area contributed by atoms with E-state index in [1.165, 1.54) is 5.56 Å². The maximum atomic E-state index is 12.0. The molecule has 0 bridgehead atoms. The number of aliphatic carboxylic acids is 1. The molecule has 0 spiro atoms. The first kappa shape index (κ1) is 13.6. The lowest BCUT2D eigenvalue weighted by atomic mass is 9.73. The first-order valence-corrected chi connectivity index (χ1v) is 6.62. The highest BCUT2D eigenvalue weighted by molar-refractivity contribution is 5.96. The van der Waals surface area contributed by atoms with E-state index in [-0.39, 0.29) is 11.8 Å². The highest BCUT2D eigenvalue weighted by atomic mass is 16.4. The van der Waals surface area contributed by atoms with Gasteiger partial charge in [0, 0.05) is 5.69 Å². The molecule has 1 fully saturated rings. The number of anilines is 1. The molecular weight excluding hydrogens is 242 g/mol. The molecule has 1 aliphatic rings. The Morgan fingerprint density at radius 1 is 1.16 bits per heavy atom. The Morgan fingerprint density at radius 3 is 2.16 bits per heavy atom. The van der Waals surface area contributed by atoms with Crippen LogP contribution in [0.25, 0.3) is 0 Å². The average molecular weight is 261 g/mol. The number of carbonyl (C=O) groups is 2. The molecule has 1 aromatic carbocycles. The predicted molar refractivity (Wildman–Crippen MR) is 73.0 cm³/mol. The molecule has 0 aromatic heterocycles. The molecular formula is C15H19NO3. The van der Waals surface area contributed by atoms with Gasteiger partial charge in [-0.15, -0.1) is 0 Å². The van der Waals surface area contributed by atoms with Crippen LogP contribution in [0.5, 0.6) is 0 Å². The van der Waals surface area contributed by atoms with E-state index in [0.717, 1.165) is 5.69 Å². The Hall–Kier alpha value is -1.84. The number of carboxylic acid groups (broad SMARTS) is 1. The third-order valence-electron chi connectivity index (χ3n) is 3.77. The zero-order chi connectivity index (χ0) is 14.0. The Bertz CT molecular complexity index is 479. The maximum absolute atomic E-state index is 12.0. The molecule has 1 amide bonds. The molecule has 0 saturated heterocycles. The number of amides is 1. The van der Waals surface area contributed by atoms with E-state index in [4.69, 9.17) is 5.11 Å². The van der Waals surface area contributed by atoms with Crippen molar-refractivity contribution in [3.8, 4) is 0 Å². The maximum Gasteiger partial charge on any atom is 0.307 e. The third kappa shape index (κ3) is 2.95. The van der Waals surface area contributed by atoms with E-state index < -0.39 is 11.9 Å². The number of rotatable bonds is 4. The van der Waals surface area contributed by atoms with Gasteiger partial charge in [0.2, 0.25) is 5.91 Å². The zero-order valence-electron chi connectivity index (χ0n) is 11.2. The lowest BCUT2D eigenvalue weighted by Crippen LogP contribution is -2.41. The fourth-order valence-electron chi connectivity index (χ4n) is 2.30.